The molecular weight excluding hydrogens is 574 g/mol. The predicted octanol–water partition coefficient (Wildman–Crippen LogP) is 6.27. The number of rotatable bonds is 11. The lowest BCUT2D eigenvalue weighted by atomic mass is 10.1. The molecule has 0 saturated carbocycles. The van der Waals surface area contributed by atoms with Crippen molar-refractivity contribution >= 4 is 33.2 Å². The number of para-hydroxylation sites is 2. The summed E-state index contributed by atoms with van der Waals surface area (Å²) in [6.45, 7) is 0.306. The van der Waals surface area contributed by atoms with E-state index in [1.54, 1.807) is 60.7 Å². The molecular formula is C35H31N3O5S. The first kappa shape index (κ1) is 30.1. The van der Waals surface area contributed by atoms with Gasteiger partial charge < -0.3 is 15.4 Å². The Morgan fingerprint density at radius 2 is 1.23 bits per heavy atom. The highest BCUT2D eigenvalue weighted by Gasteiger charge is 2.29. The van der Waals surface area contributed by atoms with Crippen molar-refractivity contribution in [1.82, 2.24) is 5.32 Å². The van der Waals surface area contributed by atoms with E-state index in [9.17, 15) is 18.0 Å². The summed E-state index contributed by atoms with van der Waals surface area (Å²) in [6, 6.07) is 37.9. The molecule has 44 heavy (non-hydrogen) atoms. The van der Waals surface area contributed by atoms with Gasteiger partial charge in [-0.2, -0.15) is 0 Å². The van der Waals surface area contributed by atoms with E-state index in [1.807, 2.05) is 60.7 Å². The van der Waals surface area contributed by atoms with Gasteiger partial charge in [0.2, 0.25) is 0 Å². The van der Waals surface area contributed by atoms with E-state index in [0.717, 1.165) is 11.1 Å². The van der Waals surface area contributed by atoms with E-state index in [4.69, 9.17) is 4.74 Å². The van der Waals surface area contributed by atoms with Gasteiger partial charge in [0.05, 0.1) is 41.1 Å². The monoisotopic (exact) mass is 605 g/mol. The number of hydrogen-bond acceptors (Lipinski definition) is 5. The summed E-state index contributed by atoms with van der Waals surface area (Å²) in [6.07, 6.45) is 0. The minimum atomic E-state index is -4.13. The fourth-order valence-electron chi connectivity index (χ4n) is 4.66. The van der Waals surface area contributed by atoms with Crippen molar-refractivity contribution in [2.75, 3.05) is 16.7 Å². The second kappa shape index (κ2) is 13.7. The molecule has 5 aromatic rings. The summed E-state index contributed by atoms with van der Waals surface area (Å²) in [4.78, 5) is 27.0. The molecule has 0 heterocycles. The van der Waals surface area contributed by atoms with Crippen LogP contribution in [0.2, 0.25) is 0 Å². The third-order valence-electron chi connectivity index (χ3n) is 6.95. The lowest BCUT2D eigenvalue weighted by Gasteiger charge is -2.27. The maximum Gasteiger partial charge on any atom is 0.264 e. The molecule has 0 saturated heterocycles. The topological polar surface area (TPSA) is 105 Å². The number of carbonyl (C=O) groups is 2. The first-order valence-electron chi connectivity index (χ1n) is 13.9. The van der Waals surface area contributed by atoms with Crippen molar-refractivity contribution < 1.29 is 22.7 Å². The molecule has 0 radical (unpaired) electrons. The number of hydrogen-bond donors (Lipinski definition) is 2. The minimum absolute atomic E-state index is 0.0159. The van der Waals surface area contributed by atoms with Gasteiger partial charge in [-0.05, 0) is 59.7 Å². The van der Waals surface area contributed by atoms with E-state index in [0.29, 0.717) is 18.0 Å². The molecule has 0 bridgehead atoms. The summed E-state index contributed by atoms with van der Waals surface area (Å²) < 4.78 is 34.6. The lowest BCUT2D eigenvalue weighted by Crippen LogP contribution is -2.32. The van der Waals surface area contributed by atoms with Crippen molar-refractivity contribution in [2.45, 2.75) is 18.0 Å². The SMILES string of the molecule is COc1ccc(S(=O)(=O)N(Cc2ccccc2)c2ccccc2C(=O)Nc2ccccc2C(=O)NCc2ccccc2)cc1. The number of carbonyl (C=O) groups excluding carboxylic acids is 2. The molecule has 8 nitrogen and oxygen atoms in total. The standard InChI is InChI=1S/C35H31N3O5S/c1-43-28-20-22-29(23-21-28)44(41,42)38(25-27-14-6-3-7-15-27)33-19-11-9-17-31(33)35(40)37-32-18-10-8-16-30(32)34(39)36-24-26-12-4-2-5-13-26/h2-23H,24-25H2,1H3,(H,36,39)(H,37,40). The zero-order valence-electron chi connectivity index (χ0n) is 24.0. The third kappa shape index (κ3) is 6.96. The van der Waals surface area contributed by atoms with Crippen LogP contribution >= 0.6 is 0 Å². The van der Waals surface area contributed by atoms with Crippen molar-refractivity contribution in [2.24, 2.45) is 0 Å². The average Bonchev–Trinajstić information content (AvgIpc) is 3.07. The van der Waals surface area contributed by atoms with Crippen LogP contribution in [-0.4, -0.2) is 27.3 Å². The Morgan fingerprint density at radius 3 is 1.89 bits per heavy atom. The summed E-state index contributed by atoms with van der Waals surface area (Å²) in [5, 5.41) is 5.72. The Morgan fingerprint density at radius 1 is 0.659 bits per heavy atom. The molecule has 5 rings (SSSR count). The van der Waals surface area contributed by atoms with Crippen molar-refractivity contribution in [3.8, 4) is 5.75 Å². The van der Waals surface area contributed by atoms with Gasteiger partial charge in [0.25, 0.3) is 21.8 Å². The van der Waals surface area contributed by atoms with Crippen LogP contribution in [0.25, 0.3) is 0 Å². The molecule has 0 aromatic heterocycles. The zero-order chi connectivity index (χ0) is 30.9. The lowest BCUT2D eigenvalue weighted by molar-refractivity contribution is 0.0951. The van der Waals surface area contributed by atoms with Crippen molar-refractivity contribution in [3.63, 3.8) is 0 Å². The average molecular weight is 606 g/mol. The first-order chi connectivity index (χ1) is 21.4. The Labute approximate surface area is 257 Å². The quantitative estimate of drug-likeness (QED) is 0.185. The Hall–Kier alpha value is -5.41. The van der Waals surface area contributed by atoms with E-state index < -0.39 is 15.9 Å². The van der Waals surface area contributed by atoms with Crippen LogP contribution in [0, 0.1) is 0 Å². The molecule has 0 fully saturated rings. The zero-order valence-corrected chi connectivity index (χ0v) is 24.8. The molecule has 0 aliphatic carbocycles. The van der Waals surface area contributed by atoms with Crippen LogP contribution in [0.3, 0.4) is 0 Å². The molecule has 0 aliphatic rings. The number of benzene rings is 5. The minimum Gasteiger partial charge on any atom is -0.497 e. The van der Waals surface area contributed by atoms with Crippen LogP contribution in [0.15, 0.2) is 138 Å². The Kier molecular flexibility index (Phi) is 9.37. The van der Waals surface area contributed by atoms with Gasteiger partial charge in [-0.25, -0.2) is 8.42 Å². The molecule has 222 valence electrons. The third-order valence-corrected chi connectivity index (χ3v) is 8.72. The van der Waals surface area contributed by atoms with Gasteiger partial charge in [-0.3, -0.25) is 13.9 Å². The fourth-order valence-corrected chi connectivity index (χ4v) is 6.13. The van der Waals surface area contributed by atoms with E-state index in [2.05, 4.69) is 10.6 Å². The smallest absolute Gasteiger partial charge is 0.264 e. The second-order valence-corrected chi connectivity index (χ2v) is 11.7. The normalized spacial score (nSPS) is 10.9. The van der Waals surface area contributed by atoms with Gasteiger partial charge in [0, 0.05) is 6.54 Å². The summed E-state index contributed by atoms with van der Waals surface area (Å²) >= 11 is 0. The van der Waals surface area contributed by atoms with Crippen molar-refractivity contribution in [3.05, 3.63) is 156 Å². The molecule has 5 aromatic carbocycles. The van der Waals surface area contributed by atoms with Crippen molar-refractivity contribution in [1.29, 1.82) is 0 Å². The number of sulfonamides is 1. The highest BCUT2D eigenvalue weighted by molar-refractivity contribution is 7.92. The molecule has 2 N–H and O–H groups in total. The maximum absolute atomic E-state index is 14.1. The summed E-state index contributed by atoms with van der Waals surface area (Å²) in [5.74, 6) is -0.400. The largest absolute Gasteiger partial charge is 0.497 e. The predicted molar refractivity (Wildman–Crippen MR) is 171 cm³/mol. The fraction of sp³-hybridized carbons (Fsp3) is 0.0857. The molecule has 2 amide bonds. The van der Waals surface area contributed by atoms with E-state index >= 15 is 0 Å². The number of anilines is 2. The molecule has 0 spiro atoms. The number of ether oxygens (including phenoxy) is 1. The van der Waals surface area contributed by atoms with Crippen LogP contribution in [0.4, 0.5) is 11.4 Å². The molecule has 0 atom stereocenters. The molecule has 0 unspecified atom stereocenters. The summed E-state index contributed by atoms with van der Waals surface area (Å²) in [7, 11) is -2.62. The maximum atomic E-state index is 14.1. The van der Waals surface area contributed by atoms with Gasteiger partial charge in [-0.1, -0.05) is 84.9 Å². The molecule has 0 aliphatic heterocycles. The van der Waals surface area contributed by atoms with Crippen LogP contribution in [-0.2, 0) is 23.1 Å². The van der Waals surface area contributed by atoms with Crippen LogP contribution < -0.4 is 19.7 Å². The first-order valence-corrected chi connectivity index (χ1v) is 15.3. The van der Waals surface area contributed by atoms with Gasteiger partial charge in [-0.15, -0.1) is 0 Å². The van der Waals surface area contributed by atoms with E-state index in [-0.39, 0.29) is 34.2 Å². The second-order valence-electron chi connectivity index (χ2n) is 9.86. The number of nitrogens with zero attached hydrogens (tertiary/aromatic N) is 1. The number of methoxy groups -OCH3 is 1. The van der Waals surface area contributed by atoms with Gasteiger partial charge >= 0.3 is 0 Å². The highest BCUT2D eigenvalue weighted by atomic mass is 32.2. The van der Waals surface area contributed by atoms with Gasteiger partial charge in [0.1, 0.15) is 5.75 Å². The van der Waals surface area contributed by atoms with Crippen LogP contribution in [0.5, 0.6) is 5.75 Å². The highest BCUT2D eigenvalue weighted by Crippen LogP contribution is 2.31. The Balaban J connectivity index is 1.47. The summed E-state index contributed by atoms with van der Waals surface area (Å²) in [5.41, 5.74) is 2.57. The molecule has 9 heteroatoms. The Bertz CT molecular complexity index is 1850. The van der Waals surface area contributed by atoms with Gasteiger partial charge in [0.15, 0.2) is 0 Å². The number of nitrogens with one attached hydrogen (secondary N) is 2. The number of amides is 2. The van der Waals surface area contributed by atoms with Crippen LogP contribution in [0.1, 0.15) is 31.8 Å². The van der Waals surface area contributed by atoms with E-state index in [1.165, 1.54) is 23.5 Å².